The lowest BCUT2D eigenvalue weighted by Crippen LogP contribution is -2.32. The second-order valence-electron chi connectivity index (χ2n) is 5.90. The number of fused-ring (bicyclic) bond motifs is 1. The van der Waals surface area contributed by atoms with E-state index in [1.807, 2.05) is 0 Å². The lowest BCUT2D eigenvalue weighted by atomic mass is 9.97. The summed E-state index contributed by atoms with van der Waals surface area (Å²) in [4.78, 5) is 0. The SMILES string of the molecule is CC1=C(c2n(-c3ccccc3)cc[n+]2C)C2CC2C=C1. The second kappa shape index (κ2) is 4.20. The summed E-state index contributed by atoms with van der Waals surface area (Å²) in [6.07, 6.45) is 10.3. The van der Waals surface area contributed by atoms with Crippen molar-refractivity contribution in [3.05, 3.63) is 66.3 Å². The molecule has 2 unspecified atom stereocenters. The summed E-state index contributed by atoms with van der Waals surface area (Å²) in [5, 5.41) is 0. The van der Waals surface area contributed by atoms with Crippen LogP contribution in [0.1, 0.15) is 19.2 Å². The van der Waals surface area contributed by atoms with Crippen molar-refractivity contribution in [1.29, 1.82) is 0 Å². The van der Waals surface area contributed by atoms with Gasteiger partial charge in [0.05, 0.1) is 7.05 Å². The summed E-state index contributed by atoms with van der Waals surface area (Å²) in [7, 11) is 2.14. The lowest BCUT2D eigenvalue weighted by Gasteiger charge is -2.12. The summed E-state index contributed by atoms with van der Waals surface area (Å²) in [6.45, 7) is 2.24. The summed E-state index contributed by atoms with van der Waals surface area (Å²) < 4.78 is 4.56. The zero-order valence-corrected chi connectivity index (χ0v) is 12.0. The Morgan fingerprint density at radius 3 is 2.80 bits per heavy atom. The topological polar surface area (TPSA) is 8.81 Å². The van der Waals surface area contributed by atoms with E-state index in [-0.39, 0.29) is 0 Å². The number of aromatic nitrogens is 2. The van der Waals surface area contributed by atoms with Gasteiger partial charge in [-0.1, -0.05) is 30.4 Å². The minimum absolute atomic E-state index is 0.726. The normalized spacial score (nSPS) is 23.9. The molecule has 0 aliphatic heterocycles. The Balaban J connectivity index is 1.91. The molecule has 2 heteroatoms. The third-order valence-corrected chi connectivity index (χ3v) is 4.51. The van der Waals surface area contributed by atoms with Gasteiger partial charge in [0.1, 0.15) is 18.1 Å². The van der Waals surface area contributed by atoms with Crippen molar-refractivity contribution in [2.24, 2.45) is 18.9 Å². The molecule has 1 aromatic carbocycles. The van der Waals surface area contributed by atoms with Gasteiger partial charge in [-0.2, -0.15) is 4.57 Å². The Morgan fingerprint density at radius 2 is 2.00 bits per heavy atom. The van der Waals surface area contributed by atoms with Crippen molar-refractivity contribution < 1.29 is 4.57 Å². The highest BCUT2D eigenvalue weighted by Crippen LogP contribution is 2.52. The van der Waals surface area contributed by atoms with Crippen molar-refractivity contribution in [2.75, 3.05) is 0 Å². The first kappa shape index (κ1) is 11.7. The number of allylic oxidation sites excluding steroid dienone is 4. The standard InChI is InChI=1S/C18H19N2/c1-13-8-9-14-12-16(14)17(13)18-19(2)10-11-20(18)15-6-4-3-5-7-15/h3-11,14,16H,12H2,1-2H3/q+1. The Hall–Kier alpha value is -2.09. The third-order valence-electron chi connectivity index (χ3n) is 4.51. The summed E-state index contributed by atoms with van der Waals surface area (Å²) in [6, 6.07) is 10.6. The van der Waals surface area contributed by atoms with Crippen LogP contribution in [0.3, 0.4) is 0 Å². The van der Waals surface area contributed by atoms with Crippen molar-refractivity contribution in [1.82, 2.24) is 4.57 Å². The maximum Gasteiger partial charge on any atom is 0.290 e. The van der Waals surface area contributed by atoms with E-state index in [1.165, 1.54) is 29.1 Å². The molecule has 0 N–H and O–H groups in total. The molecule has 0 spiro atoms. The molecule has 1 aromatic heterocycles. The molecule has 2 aliphatic rings. The van der Waals surface area contributed by atoms with Gasteiger partial charge in [-0.25, -0.2) is 4.57 Å². The number of hydrogen-bond donors (Lipinski definition) is 0. The molecule has 2 aromatic rings. The van der Waals surface area contributed by atoms with Gasteiger partial charge in [0.25, 0.3) is 5.82 Å². The van der Waals surface area contributed by atoms with Crippen LogP contribution in [0.2, 0.25) is 0 Å². The number of rotatable bonds is 2. The summed E-state index contributed by atoms with van der Waals surface area (Å²) in [5.41, 5.74) is 4.17. The molecule has 2 aliphatic carbocycles. The van der Waals surface area contributed by atoms with Crippen LogP contribution in [0.15, 0.2) is 60.5 Å². The second-order valence-corrected chi connectivity index (χ2v) is 5.90. The predicted molar refractivity (Wildman–Crippen MR) is 80.3 cm³/mol. The summed E-state index contributed by atoms with van der Waals surface area (Å²) in [5.74, 6) is 2.82. The van der Waals surface area contributed by atoms with Crippen LogP contribution in [0, 0.1) is 11.8 Å². The Morgan fingerprint density at radius 1 is 1.20 bits per heavy atom. The number of nitrogens with zero attached hydrogens (tertiary/aromatic N) is 2. The van der Waals surface area contributed by atoms with Crippen LogP contribution in [-0.2, 0) is 7.05 Å². The fourth-order valence-corrected chi connectivity index (χ4v) is 3.35. The fraction of sp³-hybridized carbons (Fsp3) is 0.278. The molecular weight excluding hydrogens is 244 g/mol. The average molecular weight is 263 g/mol. The van der Waals surface area contributed by atoms with Gasteiger partial charge in [-0.15, -0.1) is 0 Å². The van der Waals surface area contributed by atoms with Crippen molar-refractivity contribution >= 4 is 5.57 Å². The van der Waals surface area contributed by atoms with Gasteiger partial charge >= 0.3 is 0 Å². The molecule has 2 nitrogen and oxygen atoms in total. The van der Waals surface area contributed by atoms with Gasteiger partial charge in [0.15, 0.2) is 0 Å². The molecule has 1 saturated carbocycles. The Labute approximate surface area is 119 Å². The van der Waals surface area contributed by atoms with Crippen LogP contribution in [0.4, 0.5) is 0 Å². The van der Waals surface area contributed by atoms with Crippen LogP contribution < -0.4 is 4.57 Å². The van der Waals surface area contributed by atoms with Crippen LogP contribution >= 0.6 is 0 Å². The largest absolute Gasteiger partial charge is 0.290 e. The van der Waals surface area contributed by atoms with E-state index in [9.17, 15) is 0 Å². The van der Waals surface area contributed by atoms with Crippen molar-refractivity contribution in [3.63, 3.8) is 0 Å². The van der Waals surface area contributed by atoms with Crippen LogP contribution in [-0.4, -0.2) is 4.57 Å². The minimum Gasteiger partial charge on any atom is -0.233 e. The van der Waals surface area contributed by atoms with Crippen molar-refractivity contribution in [2.45, 2.75) is 13.3 Å². The Kier molecular flexibility index (Phi) is 2.46. The first-order chi connectivity index (χ1) is 9.75. The van der Waals surface area contributed by atoms with Gasteiger partial charge in [-0.05, 0) is 42.9 Å². The molecule has 0 bridgehead atoms. The van der Waals surface area contributed by atoms with Gasteiger partial charge in [-0.3, -0.25) is 0 Å². The van der Waals surface area contributed by atoms with E-state index >= 15 is 0 Å². The van der Waals surface area contributed by atoms with Gasteiger partial charge < -0.3 is 0 Å². The van der Waals surface area contributed by atoms with Gasteiger partial charge in [0, 0.05) is 5.57 Å². The average Bonchev–Trinajstić information content (AvgIpc) is 3.16. The monoisotopic (exact) mass is 263 g/mol. The fourth-order valence-electron chi connectivity index (χ4n) is 3.35. The molecule has 2 atom stereocenters. The zero-order chi connectivity index (χ0) is 13.7. The molecule has 1 heterocycles. The lowest BCUT2D eigenvalue weighted by molar-refractivity contribution is -0.673. The quantitative estimate of drug-likeness (QED) is 0.735. The Bertz CT molecular complexity index is 719. The molecule has 100 valence electrons. The third kappa shape index (κ3) is 1.68. The molecule has 4 rings (SSSR count). The molecular formula is C18H19N2+. The van der Waals surface area contributed by atoms with E-state index in [0.717, 1.165) is 11.8 Å². The van der Waals surface area contributed by atoms with E-state index in [0.29, 0.717) is 0 Å². The van der Waals surface area contributed by atoms with Crippen LogP contribution in [0.25, 0.3) is 11.3 Å². The maximum atomic E-state index is 2.37. The maximum absolute atomic E-state index is 2.37. The van der Waals surface area contributed by atoms with Gasteiger partial charge in [0.2, 0.25) is 0 Å². The number of benzene rings is 1. The predicted octanol–water partition coefficient (Wildman–Crippen LogP) is 3.28. The number of imidazole rings is 1. The molecule has 1 fully saturated rings. The highest BCUT2D eigenvalue weighted by Gasteiger charge is 2.45. The molecule has 20 heavy (non-hydrogen) atoms. The summed E-state index contributed by atoms with van der Waals surface area (Å²) >= 11 is 0. The van der Waals surface area contributed by atoms with E-state index in [2.05, 4.69) is 78.0 Å². The number of hydrogen-bond acceptors (Lipinski definition) is 0. The smallest absolute Gasteiger partial charge is 0.233 e. The first-order valence-corrected chi connectivity index (χ1v) is 7.27. The van der Waals surface area contributed by atoms with Crippen molar-refractivity contribution in [3.8, 4) is 5.69 Å². The van der Waals surface area contributed by atoms with E-state index in [1.54, 1.807) is 0 Å². The minimum atomic E-state index is 0.726. The molecule has 0 saturated heterocycles. The van der Waals surface area contributed by atoms with E-state index in [4.69, 9.17) is 0 Å². The number of para-hydroxylation sites is 1. The highest BCUT2D eigenvalue weighted by molar-refractivity contribution is 5.72. The van der Waals surface area contributed by atoms with E-state index < -0.39 is 0 Å². The highest BCUT2D eigenvalue weighted by atomic mass is 15.1. The number of aryl methyl sites for hydroxylation is 1. The van der Waals surface area contributed by atoms with Crippen LogP contribution in [0.5, 0.6) is 0 Å². The molecule has 0 radical (unpaired) electrons. The molecule has 0 amide bonds. The first-order valence-electron chi connectivity index (χ1n) is 7.27. The zero-order valence-electron chi connectivity index (χ0n) is 12.0.